The highest BCUT2D eigenvalue weighted by Gasteiger charge is 2.07. The Morgan fingerprint density at radius 1 is 1.50 bits per heavy atom. The van der Waals surface area contributed by atoms with Crippen molar-refractivity contribution in [3.05, 3.63) is 23.2 Å². The number of aliphatic hydroxyl groups is 1. The van der Waals surface area contributed by atoms with Gasteiger partial charge in [0.2, 0.25) is 5.91 Å². The molecule has 0 aromatic heterocycles. The van der Waals surface area contributed by atoms with Gasteiger partial charge in [-0.3, -0.25) is 4.79 Å². The Labute approximate surface area is 112 Å². The van der Waals surface area contributed by atoms with Gasteiger partial charge in [0.25, 0.3) is 0 Å². The molecule has 0 spiro atoms. The van der Waals surface area contributed by atoms with Crippen LogP contribution in [0.1, 0.15) is 6.42 Å². The molecule has 1 rings (SSSR count). The molecule has 1 aromatic carbocycles. The fourth-order valence-electron chi connectivity index (χ4n) is 1.42. The first-order valence-electron chi connectivity index (χ1n) is 5.67. The predicted octanol–water partition coefficient (Wildman–Crippen LogP) is 1.17. The largest absolute Gasteiger partial charge is 0.397 e. The van der Waals surface area contributed by atoms with E-state index in [1.165, 1.54) is 0 Å². The van der Waals surface area contributed by atoms with Crippen molar-refractivity contribution in [2.75, 3.05) is 37.8 Å². The summed E-state index contributed by atoms with van der Waals surface area (Å²) in [5.41, 5.74) is 6.73. The number of carbonyl (C=O) groups excluding carboxylic acids is 1. The number of aliphatic hydroxyl groups excluding tert-OH is 1. The van der Waals surface area contributed by atoms with Gasteiger partial charge in [0.1, 0.15) is 0 Å². The summed E-state index contributed by atoms with van der Waals surface area (Å²) in [6.07, 6.45) is 0.336. The van der Waals surface area contributed by atoms with E-state index in [0.29, 0.717) is 35.9 Å². The van der Waals surface area contributed by atoms with E-state index in [9.17, 15) is 4.79 Å². The zero-order valence-electron chi connectivity index (χ0n) is 10.3. The van der Waals surface area contributed by atoms with E-state index in [1.807, 2.05) is 11.9 Å². The summed E-state index contributed by atoms with van der Waals surface area (Å²) in [7, 11) is 1.84. The Balaban J connectivity index is 2.47. The van der Waals surface area contributed by atoms with Crippen molar-refractivity contribution in [1.29, 1.82) is 0 Å². The number of rotatable bonds is 6. The highest BCUT2D eigenvalue weighted by molar-refractivity contribution is 6.31. The van der Waals surface area contributed by atoms with Crippen LogP contribution in [-0.2, 0) is 4.79 Å². The monoisotopic (exact) mass is 271 g/mol. The molecule has 0 aliphatic rings. The van der Waals surface area contributed by atoms with Crippen molar-refractivity contribution in [3.8, 4) is 0 Å². The van der Waals surface area contributed by atoms with Crippen LogP contribution in [0, 0.1) is 0 Å². The molecular weight excluding hydrogens is 254 g/mol. The molecule has 0 unspecified atom stereocenters. The standard InChI is InChI=1S/C12H18ClN3O2/c1-16(6-7-17)5-4-12(18)15-11-8-9(13)2-3-10(11)14/h2-3,8,17H,4-7,14H2,1H3,(H,15,18). The number of carbonyl (C=O) groups is 1. The number of nitrogens with one attached hydrogen (secondary N) is 1. The van der Waals surface area contributed by atoms with Gasteiger partial charge in [0.15, 0.2) is 0 Å². The second-order valence-electron chi connectivity index (χ2n) is 4.06. The van der Waals surface area contributed by atoms with E-state index in [1.54, 1.807) is 18.2 Å². The minimum Gasteiger partial charge on any atom is -0.397 e. The molecule has 0 saturated heterocycles. The van der Waals surface area contributed by atoms with Crippen molar-refractivity contribution >= 4 is 28.9 Å². The molecule has 100 valence electrons. The lowest BCUT2D eigenvalue weighted by molar-refractivity contribution is -0.116. The quantitative estimate of drug-likeness (QED) is 0.679. The molecule has 1 aromatic rings. The van der Waals surface area contributed by atoms with Crippen LogP contribution in [0.2, 0.25) is 5.02 Å². The molecule has 0 radical (unpaired) electrons. The van der Waals surface area contributed by atoms with Gasteiger partial charge in [-0.05, 0) is 25.2 Å². The van der Waals surface area contributed by atoms with Crippen molar-refractivity contribution < 1.29 is 9.90 Å². The first-order valence-corrected chi connectivity index (χ1v) is 6.05. The van der Waals surface area contributed by atoms with Gasteiger partial charge in [-0.25, -0.2) is 0 Å². The first-order chi connectivity index (χ1) is 8.52. The molecule has 4 N–H and O–H groups in total. The third kappa shape index (κ3) is 4.91. The van der Waals surface area contributed by atoms with Gasteiger partial charge in [0, 0.05) is 24.5 Å². The van der Waals surface area contributed by atoms with Crippen LogP contribution in [0.5, 0.6) is 0 Å². The number of nitrogen functional groups attached to an aromatic ring is 1. The summed E-state index contributed by atoms with van der Waals surface area (Å²) in [5.74, 6) is -0.131. The van der Waals surface area contributed by atoms with Crippen molar-refractivity contribution in [2.24, 2.45) is 0 Å². The van der Waals surface area contributed by atoms with Crippen LogP contribution < -0.4 is 11.1 Å². The summed E-state index contributed by atoms with van der Waals surface area (Å²) in [6.45, 7) is 1.21. The average molecular weight is 272 g/mol. The average Bonchev–Trinajstić information content (AvgIpc) is 2.32. The molecule has 6 heteroatoms. The Morgan fingerprint density at radius 3 is 2.89 bits per heavy atom. The Hall–Kier alpha value is -1.30. The number of nitrogens with zero attached hydrogens (tertiary/aromatic N) is 1. The number of hydrogen-bond donors (Lipinski definition) is 3. The van der Waals surface area contributed by atoms with Crippen molar-refractivity contribution in [2.45, 2.75) is 6.42 Å². The number of hydrogen-bond acceptors (Lipinski definition) is 4. The third-order valence-corrected chi connectivity index (χ3v) is 2.73. The van der Waals surface area contributed by atoms with Crippen LogP contribution in [0.15, 0.2) is 18.2 Å². The fraction of sp³-hybridized carbons (Fsp3) is 0.417. The van der Waals surface area contributed by atoms with Gasteiger partial charge < -0.3 is 21.1 Å². The minimum absolute atomic E-state index is 0.0827. The van der Waals surface area contributed by atoms with E-state index in [-0.39, 0.29) is 12.5 Å². The van der Waals surface area contributed by atoms with E-state index < -0.39 is 0 Å². The highest BCUT2D eigenvalue weighted by atomic mass is 35.5. The summed E-state index contributed by atoms with van der Waals surface area (Å²) in [4.78, 5) is 13.6. The smallest absolute Gasteiger partial charge is 0.225 e. The molecule has 5 nitrogen and oxygen atoms in total. The zero-order valence-corrected chi connectivity index (χ0v) is 11.1. The second-order valence-corrected chi connectivity index (χ2v) is 4.49. The van der Waals surface area contributed by atoms with Crippen LogP contribution in [0.25, 0.3) is 0 Å². The summed E-state index contributed by atoms with van der Waals surface area (Å²) in [6, 6.07) is 4.93. The minimum atomic E-state index is -0.131. The number of nitrogens with two attached hydrogens (primary N) is 1. The van der Waals surface area contributed by atoms with Gasteiger partial charge in [-0.2, -0.15) is 0 Å². The summed E-state index contributed by atoms with van der Waals surface area (Å²) in [5, 5.41) is 12.0. The molecule has 1 amide bonds. The van der Waals surface area contributed by atoms with Gasteiger partial charge >= 0.3 is 0 Å². The van der Waals surface area contributed by atoms with Crippen LogP contribution in [0.3, 0.4) is 0 Å². The second kappa shape index (κ2) is 7.20. The summed E-state index contributed by atoms with van der Waals surface area (Å²) < 4.78 is 0. The maximum absolute atomic E-state index is 11.7. The van der Waals surface area contributed by atoms with E-state index in [0.717, 1.165) is 0 Å². The normalized spacial score (nSPS) is 10.7. The van der Waals surface area contributed by atoms with Crippen LogP contribution in [0.4, 0.5) is 11.4 Å². The number of anilines is 2. The molecule has 0 bridgehead atoms. The maximum atomic E-state index is 11.7. The molecule has 0 aliphatic heterocycles. The lowest BCUT2D eigenvalue weighted by Crippen LogP contribution is -2.26. The van der Waals surface area contributed by atoms with Crippen molar-refractivity contribution in [1.82, 2.24) is 4.90 Å². The van der Waals surface area contributed by atoms with Gasteiger partial charge in [0.05, 0.1) is 18.0 Å². The van der Waals surface area contributed by atoms with E-state index in [4.69, 9.17) is 22.4 Å². The number of halogens is 1. The molecule has 0 atom stereocenters. The van der Waals surface area contributed by atoms with E-state index in [2.05, 4.69) is 5.32 Å². The van der Waals surface area contributed by atoms with Crippen LogP contribution >= 0.6 is 11.6 Å². The Morgan fingerprint density at radius 2 is 2.22 bits per heavy atom. The number of benzene rings is 1. The molecular formula is C12H18ClN3O2. The fourth-order valence-corrected chi connectivity index (χ4v) is 1.60. The molecule has 18 heavy (non-hydrogen) atoms. The van der Waals surface area contributed by atoms with Gasteiger partial charge in [-0.1, -0.05) is 11.6 Å². The molecule has 0 heterocycles. The molecule has 0 aliphatic carbocycles. The third-order valence-electron chi connectivity index (χ3n) is 2.49. The lowest BCUT2D eigenvalue weighted by Gasteiger charge is -2.15. The highest BCUT2D eigenvalue weighted by Crippen LogP contribution is 2.22. The number of likely N-dealkylation sites (N-methyl/N-ethyl adjacent to an activating group) is 1. The lowest BCUT2D eigenvalue weighted by atomic mass is 10.2. The topological polar surface area (TPSA) is 78.6 Å². The zero-order chi connectivity index (χ0) is 13.5. The molecule has 0 fully saturated rings. The maximum Gasteiger partial charge on any atom is 0.225 e. The summed E-state index contributed by atoms with van der Waals surface area (Å²) >= 11 is 5.83. The SMILES string of the molecule is CN(CCO)CCC(=O)Nc1cc(Cl)ccc1N. The molecule has 0 saturated carbocycles. The number of amides is 1. The van der Waals surface area contributed by atoms with Crippen molar-refractivity contribution in [3.63, 3.8) is 0 Å². The first kappa shape index (κ1) is 14.8. The van der Waals surface area contributed by atoms with Gasteiger partial charge in [-0.15, -0.1) is 0 Å². The predicted molar refractivity (Wildman–Crippen MR) is 73.7 cm³/mol. The van der Waals surface area contributed by atoms with Crippen LogP contribution in [-0.4, -0.2) is 42.7 Å². The van der Waals surface area contributed by atoms with E-state index >= 15 is 0 Å². The Bertz CT molecular complexity index is 412. The Kier molecular flexibility index (Phi) is 5.91.